The summed E-state index contributed by atoms with van der Waals surface area (Å²) in [4.78, 5) is 14.4. The molecule has 0 saturated carbocycles. The lowest BCUT2D eigenvalue weighted by Crippen LogP contribution is -2.04. The number of anilines is 1. The van der Waals surface area contributed by atoms with Crippen molar-refractivity contribution in [3.8, 4) is 5.75 Å². The van der Waals surface area contributed by atoms with Gasteiger partial charge in [0.2, 0.25) is 0 Å². The van der Waals surface area contributed by atoms with Gasteiger partial charge in [-0.2, -0.15) is 0 Å². The Labute approximate surface area is 109 Å². The zero-order chi connectivity index (χ0) is 13.8. The molecule has 0 unspecified atom stereocenters. The van der Waals surface area contributed by atoms with Crippen LogP contribution >= 0.6 is 0 Å². The van der Waals surface area contributed by atoms with Crippen molar-refractivity contribution in [1.82, 2.24) is 4.98 Å². The number of rotatable bonds is 4. The van der Waals surface area contributed by atoms with Crippen LogP contribution < -0.4 is 5.32 Å². The first-order valence-electron chi connectivity index (χ1n) is 5.68. The predicted octanol–water partition coefficient (Wildman–Crippen LogP) is 2.62. The average Bonchev–Trinajstić information content (AvgIpc) is 2.38. The Bertz CT molecular complexity index is 614. The monoisotopic (exact) mass is 259 g/mol. The first kappa shape index (κ1) is 12.8. The van der Waals surface area contributed by atoms with Gasteiger partial charge >= 0.3 is 0 Å². The number of phenolic OH excluding ortho intramolecular Hbond substituents is 1. The van der Waals surface area contributed by atoms with E-state index in [1.54, 1.807) is 12.4 Å². The Balaban J connectivity index is 2.20. The summed E-state index contributed by atoms with van der Waals surface area (Å²) < 4.78 is 0. The van der Waals surface area contributed by atoms with Crippen molar-refractivity contribution in [2.24, 2.45) is 0 Å². The van der Waals surface area contributed by atoms with Gasteiger partial charge in [-0.05, 0) is 36.2 Å². The molecule has 0 aliphatic heterocycles. The van der Waals surface area contributed by atoms with Crippen LogP contribution in [0.15, 0.2) is 36.7 Å². The fourth-order valence-electron chi connectivity index (χ4n) is 1.69. The summed E-state index contributed by atoms with van der Waals surface area (Å²) in [6.07, 6.45) is 3.41. The molecule has 0 radical (unpaired) electrons. The molecular formula is C13H13N3O3. The summed E-state index contributed by atoms with van der Waals surface area (Å²) in [6.45, 7) is 2.38. The molecule has 0 amide bonds. The van der Waals surface area contributed by atoms with Crippen LogP contribution in [-0.4, -0.2) is 15.0 Å². The van der Waals surface area contributed by atoms with Crippen molar-refractivity contribution in [3.05, 3.63) is 57.9 Å². The van der Waals surface area contributed by atoms with E-state index in [2.05, 4.69) is 10.3 Å². The summed E-state index contributed by atoms with van der Waals surface area (Å²) in [5.74, 6) is -0.130. The molecule has 2 rings (SSSR count). The number of nitrogens with one attached hydrogen (secondary N) is 1. The van der Waals surface area contributed by atoms with Gasteiger partial charge in [-0.15, -0.1) is 0 Å². The molecule has 19 heavy (non-hydrogen) atoms. The Morgan fingerprint density at radius 2 is 2.21 bits per heavy atom. The number of hydrogen-bond acceptors (Lipinski definition) is 5. The van der Waals surface area contributed by atoms with E-state index in [0.717, 1.165) is 17.2 Å². The molecule has 0 spiro atoms. The highest BCUT2D eigenvalue weighted by Crippen LogP contribution is 2.28. The van der Waals surface area contributed by atoms with E-state index in [-0.39, 0.29) is 11.4 Å². The smallest absolute Gasteiger partial charge is 0.296 e. The Kier molecular flexibility index (Phi) is 3.61. The van der Waals surface area contributed by atoms with Crippen LogP contribution in [0.2, 0.25) is 0 Å². The van der Waals surface area contributed by atoms with E-state index < -0.39 is 4.92 Å². The second kappa shape index (κ2) is 5.34. The van der Waals surface area contributed by atoms with Crippen molar-refractivity contribution in [2.45, 2.75) is 13.5 Å². The largest absolute Gasteiger partial charge is 0.508 e. The molecule has 0 bridgehead atoms. The lowest BCUT2D eigenvalue weighted by Gasteiger charge is -2.09. The molecule has 0 atom stereocenters. The fourth-order valence-corrected chi connectivity index (χ4v) is 1.69. The zero-order valence-corrected chi connectivity index (χ0v) is 10.3. The number of pyridine rings is 1. The topological polar surface area (TPSA) is 88.3 Å². The molecule has 98 valence electrons. The summed E-state index contributed by atoms with van der Waals surface area (Å²) in [5.41, 5.74) is 2.24. The molecule has 2 N–H and O–H groups in total. The first-order chi connectivity index (χ1) is 9.08. The van der Waals surface area contributed by atoms with E-state index in [0.29, 0.717) is 12.2 Å². The maximum atomic E-state index is 10.9. The SMILES string of the molecule is Cc1ccncc1CNc1ccc(O)cc1[N+](=O)[O-]. The summed E-state index contributed by atoms with van der Waals surface area (Å²) >= 11 is 0. The van der Waals surface area contributed by atoms with Crippen LogP contribution in [0.25, 0.3) is 0 Å². The van der Waals surface area contributed by atoms with Gasteiger partial charge in [0.1, 0.15) is 11.4 Å². The first-order valence-corrected chi connectivity index (χ1v) is 5.68. The number of phenols is 1. The Hall–Kier alpha value is -2.63. The van der Waals surface area contributed by atoms with Gasteiger partial charge in [-0.3, -0.25) is 15.1 Å². The zero-order valence-electron chi connectivity index (χ0n) is 10.3. The molecule has 1 heterocycles. The van der Waals surface area contributed by atoms with Crippen LogP contribution in [-0.2, 0) is 6.54 Å². The predicted molar refractivity (Wildman–Crippen MR) is 71.1 cm³/mol. The van der Waals surface area contributed by atoms with E-state index in [1.807, 2.05) is 13.0 Å². The third-order valence-corrected chi connectivity index (χ3v) is 2.79. The van der Waals surface area contributed by atoms with Gasteiger partial charge in [0.25, 0.3) is 5.69 Å². The number of aromatic nitrogens is 1. The number of hydrogen-bond donors (Lipinski definition) is 2. The van der Waals surface area contributed by atoms with Gasteiger partial charge in [0.05, 0.1) is 11.0 Å². The Morgan fingerprint density at radius 3 is 2.89 bits per heavy atom. The molecule has 0 aliphatic carbocycles. The average molecular weight is 259 g/mol. The van der Waals surface area contributed by atoms with E-state index in [9.17, 15) is 15.2 Å². The molecule has 2 aromatic rings. The molecule has 1 aromatic carbocycles. The molecule has 0 aliphatic rings. The van der Waals surface area contributed by atoms with Gasteiger partial charge in [0.15, 0.2) is 0 Å². The minimum atomic E-state index is -0.530. The van der Waals surface area contributed by atoms with E-state index >= 15 is 0 Å². The molecule has 0 saturated heterocycles. The van der Waals surface area contributed by atoms with Crippen LogP contribution in [0, 0.1) is 17.0 Å². The molecule has 0 fully saturated rings. The van der Waals surface area contributed by atoms with Gasteiger partial charge < -0.3 is 10.4 Å². The van der Waals surface area contributed by atoms with Crippen LogP contribution in [0.5, 0.6) is 5.75 Å². The van der Waals surface area contributed by atoms with Gasteiger partial charge in [0, 0.05) is 18.9 Å². The number of nitro benzene ring substituents is 1. The normalized spacial score (nSPS) is 10.2. The number of aromatic hydroxyl groups is 1. The third kappa shape index (κ3) is 2.98. The third-order valence-electron chi connectivity index (χ3n) is 2.79. The van der Waals surface area contributed by atoms with Crippen molar-refractivity contribution in [3.63, 3.8) is 0 Å². The van der Waals surface area contributed by atoms with Crippen LogP contribution in [0.3, 0.4) is 0 Å². The van der Waals surface area contributed by atoms with Gasteiger partial charge in [-0.25, -0.2) is 0 Å². The maximum Gasteiger partial charge on any atom is 0.296 e. The molecular weight excluding hydrogens is 246 g/mol. The molecule has 1 aromatic heterocycles. The van der Waals surface area contributed by atoms with Crippen LogP contribution in [0.4, 0.5) is 11.4 Å². The lowest BCUT2D eigenvalue weighted by molar-refractivity contribution is -0.384. The van der Waals surface area contributed by atoms with Gasteiger partial charge in [-0.1, -0.05) is 0 Å². The molecule has 6 nitrogen and oxygen atoms in total. The summed E-state index contributed by atoms with van der Waals surface area (Å²) in [5, 5.41) is 23.2. The maximum absolute atomic E-state index is 10.9. The highest BCUT2D eigenvalue weighted by molar-refractivity contribution is 5.63. The fraction of sp³-hybridized carbons (Fsp3) is 0.154. The standard InChI is InChI=1S/C13H13N3O3/c1-9-4-5-14-7-10(9)8-15-12-3-2-11(17)6-13(12)16(18)19/h2-7,15,17H,8H2,1H3. The number of benzene rings is 1. The van der Waals surface area contributed by atoms with Crippen molar-refractivity contribution in [2.75, 3.05) is 5.32 Å². The van der Waals surface area contributed by atoms with E-state index in [4.69, 9.17) is 0 Å². The second-order valence-electron chi connectivity index (χ2n) is 4.11. The number of aryl methyl sites for hydroxylation is 1. The minimum Gasteiger partial charge on any atom is -0.508 e. The van der Waals surface area contributed by atoms with Crippen molar-refractivity contribution in [1.29, 1.82) is 0 Å². The minimum absolute atomic E-state index is 0.130. The molecule has 6 heteroatoms. The van der Waals surface area contributed by atoms with Crippen LogP contribution in [0.1, 0.15) is 11.1 Å². The number of nitro groups is 1. The summed E-state index contributed by atoms with van der Waals surface area (Å²) in [6, 6.07) is 5.89. The Morgan fingerprint density at radius 1 is 1.42 bits per heavy atom. The highest BCUT2D eigenvalue weighted by Gasteiger charge is 2.14. The summed E-state index contributed by atoms with van der Waals surface area (Å²) in [7, 11) is 0. The quantitative estimate of drug-likeness (QED) is 0.500. The number of nitrogens with zero attached hydrogens (tertiary/aromatic N) is 2. The van der Waals surface area contributed by atoms with Crippen molar-refractivity contribution >= 4 is 11.4 Å². The van der Waals surface area contributed by atoms with Crippen molar-refractivity contribution < 1.29 is 10.0 Å². The highest BCUT2D eigenvalue weighted by atomic mass is 16.6. The second-order valence-corrected chi connectivity index (χ2v) is 4.11. The lowest BCUT2D eigenvalue weighted by atomic mass is 10.1. The van der Waals surface area contributed by atoms with E-state index in [1.165, 1.54) is 12.1 Å².